The molecule has 1 atom stereocenters. The van der Waals surface area contributed by atoms with E-state index >= 15 is 0 Å². The highest BCUT2D eigenvalue weighted by Gasteiger charge is 2.04. The van der Waals surface area contributed by atoms with Gasteiger partial charge in [0.15, 0.2) is 0 Å². The molecule has 0 fully saturated rings. The zero-order chi connectivity index (χ0) is 14.4. The summed E-state index contributed by atoms with van der Waals surface area (Å²) in [5.74, 6) is 0. The van der Waals surface area contributed by atoms with Gasteiger partial charge in [-0.15, -0.1) is 0 Å². The van der Waals surface area contributed by atoms with Crippen LogP contribution in [0.3, 0.4) is 0 Å². The molecule has 2 aromatic carbocycles. The highest BCUT2D eigenvalue weighted by Crippen LogP contribution is 2.25. The molecule has 0 heterocycles. The van der Waals surface area contributed by atoms with Crippen molar-refractivity contribution in [1.82, 2.24) is 5.32 Å². The van der Waals surface area contributed by atoms with Crippen LogP contribution >= 0.6 is 0 Å². The lowest BCUT2D eigenvalue weighted by Gasteiger charge is -2.12. The Balaban J connectivity index is 2.06. The molecule has 0 radical (unpaired) electrons. The zero-order valence-corrected chi connectivity index (χ0v) is 11.6. The molecule has 2 rings (SSSR count). The first kappa shape index (κ1) is 14.3. The molecule has 104 valence electrons. The number of fused-ring (bicyclic) bond motifs is 1. The van der Waals surface area contributed by atoms with E-state index in [9.17, 15) is 0 Å². The highest BCUT2D eigenvalue weighted by atomic mass is 16.3. The summed E-state index contributed by atoms with van der Waals surface area (Å²) in [6.07, 6.45) is -0.328. The van der Waals surface area contributed by atoms with Crippen molar-refractivity contribution >= 4 is 16.5 Å². The number of rotatable bonds is 6. The number of nitriles is 1. The van der Waals surface area contributed by atoms with E-state index in [0.717, 1.165) is 29.5 Å². The summed E-state index contributed by atoms with van der Waals surface area (Å²) in [5.41, 5.74) is 1.72. The predicted molar refractivity (Wildman–Crippen MR) is 81.7 cm³/mol. The van der Waals surface area contributed by atoms with Gasteiger partial charge in [-0.3, -0.25) is 0 Å². The van der Waals surface area contributed by atoms with Crippen LogP contribution in [0.25, 0.3) is 10.8 Å². The molecule has 0 amide bonds. The summed E-state index contributed by atoms with van der Waals surface area (Å²) >= 11 is 0. The fourth-order valence-electron chi connectivity index (χ4n) is 2.15. The van der Waals surface area contributed by atoms with Gasteiger partial charge in [0.1, 0.15) is 0 Å². The third-order valence-corrected chi connectivity index (χ3v) is 3.10. The van der Waals surface area contributed by atoms with Crippen LogP contribution in [0.4, 0.5) is 5.69 Å². The lowest BCUT2D eigenvalue weighted by atomic mass is 10.0. The summed E-state index contributed by atoms with van der Waals surface area (Å²) in [6, 6.07) is 13.9. The molecule has 0 bridgehead atoms. The second-order valence-corrected chi connectivity index (χ2v) is 4.80. The first-order valence-electron chi connectivity index (χ1n) is 6.77. The van der Waals surface area contributed by atoms with Gasteiger partial charge in [0, 0.05) is 36.1 Å². The molecule has 0 aromatic heterocycles. The number of nitrogens with zero attached hydrogens (tertiary/aromatic N) is 1. The molecule has 4 nitrogen and oxygen atoms in total. The van der Waals surface area contributed by atoms with Gasteiger partial charge in [0.05, 0.1) is 17.7 Å². The van der Waals surface area contributed by atoms with E-state index in [2.05, 4.69) is 16.7 Å². The number of hydrogen-bond acceptors (Lipinski definition) is 4. The Morgan fingerprint density at radius 3 is 2.60 bits per heavy atom. The Kier molecular flexibility index (Phi) is 4.94. The second kappa shape index (κ2) is 6.90. The van der Waals surface area contributed by atoms with Crippen LogP contribution in [-0.2, 0) is 0 Å². The molecule has 0 saturated carbocycles. The average molecular weight is 269 g/mol. The Hall–Kier alpha value is -2.09. The maximum Gasteiger partial charge on any atom is 0.0998 e. The first-order valence-corrected chi connectivity index (χ1v) is 6.77. The van der Waals surface area contributed by atoms with E-state index in [4.69, 9.17) is 10.4 Å². The van der Waals surface area contributed by atoms with E-state index < -0.39 is 0 Å². The third kappa shape index (κ3) is 3.47. The second-order valence-electron chi connectivity index (χ2n) is 4.80. The fourth-order valence-corrected chi connectivity index (χ4v) is 2.15. The minimum Gasteiger partial charge on any atom is -0.392 e. The molecule has 3 N–H and O–H groups in total. The Morgan fingerprint density at radius 2 is 1.90 bits per heavy atom. The van der Waals surface area contributed by atoms with Crippen molar-refractivity contribution < 1.29 is 5.11 Å². The summed E-state index contributed by atoms with van der Waals surface area (Å²) in [4.78, 5) is 0. The summed E-state index contributed by atoms with van der Waals surface area (Å²) in [5, 5.41) is 26.8. The predicted octanol–water partition coefficient (Wildman–Crippen LogP) is 2.09. The van der Waals surface area contributed by atoms with Crippen LogP contribution < -0.4 is 10.6 Å². The van der Waals surface area contributed by atoms with Crippen LogP contribution in [0.15, 0.2) is 36.4 Å². The fraction of sp³-hybridized carbons (Fsp3) is 0.312. The minimum absolute atomic E-state index is 0.328. The smallest absolute Gasteiger partial charge is 0.0998 e. The number of aliphatic hydroxyl groups excluding tert-OH is 1. The molecule has 0 aliphatic carbocycles. The topological polar surface area (TPSA) is 68.1 Å². The Labute approximate surface area is 119 Å². The van der Waals surface area contributed by atoms with E-state index in [0.29, 0.717) is 12.1 Å². The first-order chi connectivity index (χ1) is 9.72. The van der Waals surface area contributed by atoms with E-state index in [1.807, 2.05) is 36.4 Å². The van der Waals surface area contributed by atoms with Crippen LogP contribution in [0, 0.1) is 11.3 Å². The van der Waals surface area contributed by atoms with Gasteiger partial charge < -0.3 is 15.7 Å². The monoisotopic (exact) mass is 269 g/mol. The third-order valence-electron chi connectivity index (χ3n) is 3.10. The minimum atomic E-state index is -0.328. The number of anilines is 1. The van der Waals surface area contributed by atoms with E-state index in [-0.39, 0.29) is 6.10 Å². The van der Waals surface area contributed by atoms with Crippen molar-refractivity contribution in [1.29, 1.82) is 5.26 Å². The molecule has 0 aliphatic heterocycles. The number of nitrogens with one attached hydrogen (secondary N) is 2. The average Bonchev–Trinajstić information content (AvgIpc) is 2.46. The maximum absolute atomic E-state index is 9.15. The van der Waals surface area contributed by atoms with Crippen molar-refractivity contribution in [2.45, 2.75) is 13.0 Å². The van der Waals surface area contributed by atoms with Crippen molar-refractivity contribution in [3.63, 3.8) is 0 Å². The van der Waals surface area contributed by atoms with Gasteiger partial charge in [0.25, 0.3) is 0 Å². The van der Waals surface area contributed by atoms with Crippen LogP contribution in [0.1, 0.15) is 12.5 Å². The van der Waals surface area contributed by atoms with Gasteiger partial charge in [-0.2, -0.15) is 5.26 Å². The molecular weight excluding hydrogens is 250 g/mol. The van der Waals surface area contributed by atoms with Crippen molar-refractivity contribution in [3.8, 4) is 6.07 Å². The molecule has 1 unspecified atom stereocenters. The molecule has 20 heavy (non-hydrogen) atoms. The molecular formula is C16H19N3O. The molecule has 4 heteroatoms. The maximum atomic E-state index is 9.15. The Bertz CT molecular complexity index is 617. The van der Waals surface area contributed by atoms with Crippen molar-refractivity contribution in [2.24, 2.45) is 0 Å². The molecule has 2 aromatic rings. The van der Waals surface area contributed by atoms with Crippen LogP contribution in [-0.4, -0.2) is 30.8 Å². The van der Waals surface area contributed by atoms with E-state index in [1.165, 1.54) is 0 Å². The summed E-state index contributed by atoms with van der Waals surface area (Å²) in [7, 11) is 0. The molecule has 0 aliphatic rings. The van der Waals surface area contributed by atoms with Crippen LogP contribution in [0.5, 0.6) is 0 Å². The standard InChI is InChI=1S/C16H19N3O/c1-12(20)11-18-8-9-19-16-7-6-13(10-17)14-4-2-3-5-15(14)16/h2-7,12,18-20H,8-9,11H2,1H3. The van der Waals surface area contributed by atoms with Gasteiger partial charge in [-0.1, -0.05) is 24.3 Å². The van der Waals surface area contributed by atoms with E-state index in [1.54, 1.807) is 6.92 Å². The molecule has 0 saturated heterocycles. The van der Waals surface area contributed by atoms with Gasteiger partial charge in [-0.05, 0) is 19.1 Å². The number of aliphatic hydroxyl groups is 1. The van der Waals surface area contributed by atoms with Gasteiger partial charge >= 0.3 is 0 Å². The zero-order valence-electron chi connectivity index (χ0n) is 11.6. The van der Waals surface area contributed by atoms with Gasteiger partial charge in [-0.25, -0.2) is 0 Å². The summed E-state index contributed by atoms with van der Waals surface area (Å²) in [6.45, 7) is 3.90. The SMILES string of the molecule is CC(O)CNCCNc1ccc(C#N)c2ccccc12. The van der Waals surface area contributed by atoms with Crippen molar-refractivity contribution in [3.05, 3.63) is 42.0 Å². The van der Waals surface area contributed by atoms with Crippen molar-refractivity contribution in [2.75, 3.05) is 25.0 Å². The number of benzene rings is 2. The number of hydrogen-bond donors (Lipinski definition) is 3. The lowest BCUT2D eigenvalue weighted by Crippen LogP contribution is -2.28. The lowest BCUT2D eigenvalue weighted by molar-refractivity contribution is 0.192. The largest absolute Gasteiger partial charge is 0.392 e. The normalized spacial score (nSPS) is 12.1. The highest BCUT2D eigenvalue weighted by molar-refractivity contribution is 5.97. The van der Waals surface area contributed by atoms with Crippen LogP contribution in [0.2, 0.25) is 0 Å². The Morgan fingerprint density at radius 1 is 1.15 bits per heavy atom. The molecule has 0 spiro atoms. The summed E-state index contributed by atoms with van der Waals surface area (Å²) < 4.78 is 0. The quantitative estimate of drug-likeness (QED) is 0.702. The van der Waals surface area contributed by atoms with Gasteiger partial charge in [0.2, 0.25) is 0 Å².